The Labute approximate surface area is 129 Å². The van der Waals surface area contributed by atoms with Gasteiger partial charge in [-0.2, -0.15) is 0 Å². The maximum Gasteiger partial charge on any atom is 0.258 e. The van der Waals surface area contributed by atoms with Gasteiger partial charge in [-0.05, 0) is 24.6 Å². The molecule has 1 saturated heterocycles. The molecule has 0 aliphatic carbocycles. The predicted molar refractivity (Wildman–Crippen MR) is 83.6 cm³/mol. The van der Waals surface area contributed by atoms with Crippen molar-refractivity contribution in [1.82, 2.24) is 9.88 Å². The second kappa shape index (κ2) is 5.64. The van der Waals surface area contributed by atoms with Gasteiger partial charge in [-0.25, -0.2) is 8.42 Å². The van der Waals surface area contributed by atoms with Crippen molar-refractivity contribution >= 4 is 26.6 Å². The van der Waals surface area contributed by atoms with Gasteiger partial charge in [-0.1, -0.05) is 6.07 Å². The Hall–Kier alpha value is -2.02. The molecule has 3 rings (SSSR count). The molecule has 1 atom stereocenters. The van der Waals surface area contributed by atoms with E-state index in [0.29, 0.717) is 12.2 Å². The summed E-state index contributed by atoms with van der Waals surface area (Å²) in [6.45, 7) is -0.120. The topological polar surface area (TPSA) is 77.4 Å². The van der Waals surface area contributed by atoms with Crippen molar-refractivity contribution in [3.05, 3.63) is 30.5 Å². The summed E-state index contributed by atoms with van der Waals surface area (Å²) < 4.78 is 30.3. The van der Waals surface area contributed by atoms with Crippen LogP contribution in [0.25, 0.3) is 10.9 Å². The van der Waals surface area contributed by atoms with E-state index in [1.54, 1.807) is 0 Å². The number of hydrogen-bond acceptors (Lipinski definition) is 4. The number of nitrogens with zero attached hydrogens (tertiary/aromatic N) is 1. The van der Waals surface area contributed by atoms with E-state index in [1.807, 2.05) is 42.1 Å². The van der Waals surface area contributed by atoms with Crippen molar-refractivity contribution in [2.45, 2.75) is 12.5 Å². The van der Waals surface area contributed by atoms with Crippen LogP contribution in [-0.4, -0.2) is 43.0 Å². The van der Waals surface area contributed by atoms with Crippen molar-refractivity contribution < 1.29 is 17.9 Å². The van der Waals surface area contributed by atoms with Crippen molar-refractivity contribution in [2.75, 3.05) is 18.1 Å². The summed E-state index contributed by atoms with van der Waals surface area (Å²) in [5.74, 6) is 0.511. The van der Waals surface area contributed by atoms with Crippen LogP contribution < -0.4 is 10.1 Å². The van der Waals surface area contributed by atoms with Crippen LogP contribution in [0.4, 0.5) is 0 Å². The molecule has 2 heterocycles. The van der Waals surface area contributed by atoms with Crippen LogP contribution in [0.1, 0.15) is 6.42 Å². The first-order valence-electron chi connectivity index (χ1n) is 7.11. The summed E-state index contributed by atoms with van der Waals surface area (Å²) in [7, 11) is -1.05. The highest BCUT2D eigenvalue weighted by molar-refractivity contribution is 7.91. The first-order chi connectivity index (χ1) is 10.4. The van der Waals surface area contributed by atoms with Crippen LogP contribution in [0.15, 0.2) is 30.5 Å². The first-order valence-corrected chi connectivity index (χ1v) is 8.93. The number of hydrogen-bond donors (Lipinski definition) is 1. The second-order valence-corrected chi connectivity index (χ2v) is 7.80. The molecule has 0 bridgehead atoms. The van der Waals surface area contributed by atoms with Gasteiger partial charge >= 0.3 is 0 Å². The van der Waals surface area contributed by atoms with Gasteiger partial charge in [0, 0.05) is 24.7 Å². The zero-order valence-electron chi connectivity index (χ0n) is 12.3. The van der Waals surface area contributed by atoms with E-state index in [0.717, 1.165) is 10.9 Å². The van der Waals surface area contributed by atoms with Crippen LogP contribution in [0, 0.1) is 0 Å². The van der Waals surface area contributed by atoms with Crippen molar-refractivity contribution in [2.24, 2.45) is 7.05 Å². The number of aromatic nitrogens is 1. The minimum atomic E-state index is -2.99. The van der Waals surface area contributed by atoms with Crippen molar-refractivity contribution in [3.63, 3.8) is 0 Å². The number of rotatable bonds is 4. The molecule has 7 heteroatoms. The lowest BCUT2D eigenvalue weighted by molar-refractivity contribution is -0.123. The fourth-order valence-corrected chi connectivity index (χ4v) is 4.39. The summed E-state index contributed by atoms with van der Waals surface area (Å²) in [6, 6.07) is 7.31. The van der Waals surface area contributed by atoms with E-state index in [2.05, 4.69) is 5.32 Å². The van der Waals surface area contributed by atoms with Gasteiger partial charge in [-0.15, -0.1) is 0 Å². The van der Waals surface area contributed by atoms with Crippen molar-refractivity contribution in [3.8, 4) is 5.75 Å². The Morgan fingerprint density at radius 2 is 2.23 bits per heavy atom. The van der Waals surface area contributed by atoms with Crippen LogP contribution in [0.3, 0.4) is 0 Å². The fraction of sp³-hybridized carbons (Fsp3) is 0.400. The molecular formula is C15H18N2O4S. The van der Waals surface area contributed by atoms with Crippen molar-refractivity contribution in [1.29, 1.82) is 0 Å². The molecule has 1 amide bonds. The summed E-state index contributed by atoms with van der Waals surface area (Å²) >= 11 is 0. The maximum atomic E-state index is 11.9. The third-order valence-corrected chi connectivity index (χ3v) is 5.61. The fourth-order valence-electron chi connectivity index (χ4n) is 2.72. The zero-order valence-corrected chi connectivity index (χ0v) is 13.1. The van der Waals surface area contributed by atoms with Crippen LogP contribution in [0.5, 0.6) is 5.75 Å². The molecule has 1 aliphatic heterocycles. The highest BCUT2D eigenvalue weighted by Gasteiger charge is 2.28. The maximum absolute atomic E-state index is 11.9. The summed E-state index contributed by atoms with van der Waals surface area (Å²) in [6.07, 6.45) is 2.41. The molecular weight excluding hydrogens is 304 g/mol. The summed E-state index contributed by atoms with van der Waals surface area (Å²) in [5, 5.41) is 3.66. The summed E-state index contributed by atoms with van der Waals surface area (Å²) in [4.78, 5) is 11.9. The van der Waals surface area contributed by atoms with Gasteiger partial charge in [-0.3, -0.25) is 4.79 Å². The molecule has 118 valence electrons. The van der Waals surface area contributed by atoms with Gasteiger partial charge in [0.25, 0.3) is 5.91 Å². The molecule has 0 saturated carbocycles. The molecule has 22 heavy (non-hydrogen) atoms. The highest BCUT2D eigenvalue weighted by Crippen LogP contribution is 2.25. The number of nitrogens with one attached hydrogen (secondary N) is 1. The second-order valence-electron chi connectivity index (χ2n) is 5.57. The number of sulfone groups is 1. The minimum Gasteiger partial charge on any atom is -0.483 e. The lowest BCUT2D eigenvalue weighted by Crippen LogP contribution is -2.38. The number of amides is 1. The molecule has 1 fully saturated rings. The molecule has 1 aliphatic rings. The monoisotopic (exact) mass is 322 g/mol. The van der Waals surface area contributed by atoms with Gasteiger partial charge in [0.2, 0.25) is 0 Å². The van der Waals surface area contributed by atoms with Crippen LogP contribution >= 0.6 is 0 Å². The lowest BCUT2D eigenvalue weighted by atomic mass is 10.2. The molecule has 0 radical (unpaired) electrons. The van der Waals surface area contributed by atoms with E-state index in [-0.39, 0.29) is 30.1 Å². The molecule has 6 nitrogen and oxygen atoms in total. The molecule has 1 unspecified atom stereocenters. The predicted octanol–water partition coefficient (Wildman–Crippen LogP) is 0.860. The molecule has 1 N–H and O–H groups in total. The number of benzene rings is 1. The number of ether oxygens (including phenoxy) is 1. The number of carbonyl (C=O) groups excluding carboxylic acids is 1. The highest BCUT2D eigenvalue weighted by atomic mass is 32.2. The average Bonchev–Trinajstić information content (AvgIpc) is 3.00. The number of aryl methyl sites for hydroxylation is 1. The Morgan fingerprint density at radius 3 is 2.95 bits per heavy atom. The third kappa shape index (κ3) is 3.09. The standard InChI is InChI=1S/C15H18N2O4S/c1-17-7-5-12-13(17)3-2-4-14(12)21-9-15(18)16-11-6-8-22(19,20)10-11/h2-5,7,11H,6,8-10H2,1H3,(H,16,18). The van der Waals surface area contributed by atoms with Gasteiger partial charge in [0.1, 0.15) is 5.75 Å². The molecule has 1 aromatic carbocycles. The lowest BCUT2D eigenvalue weighted by Gasteiger charge is -2.12. The van der Waals surface area contributed by atoms with E-state index in [1.165, 1.54) is 0 Å². The van der Waals surface area contributed by atoms with Crippen LogP contribution in [-0.2, 0) is 21.7 Å². The van der Waals surface area contributed by atoms with Gasteiger partial charge < -0.3 is 14.6 Å². The first kappa shape index (κ1) is 14.9. The Bertz CT molecular complexity index is 810. The van der Waals surface area contributed by atoms with Gasteiger partial charge in [0.15, 0.2) is 16.4 Å². The Balaban J connectivity index is 1.61. The van der Waals surface area contributed by atoms with E-state index in [9.17, 15) is 13.2 Å². The average molecular weight is 322 g/mol. The quantitative estimate of drug-likeness (QED) is 0.906. The Morgan fingerprint density at radius 1 is 1.41 bits per heavy atom. The summed E-state index contributed by atoms with van der Waals surface area (Å²) in [5.41, 5.74) is 1.03. The SMILES string of the molecule is Cn1ccc2c(OCC(=O)NC3CCS(=O)(=O)C3)cccc21. The zero-order chi connectivity index (χ0) is 15.7. The Kier molecular flexibility index (Phi) is 3.82. The molecule has 0 spiro atoms. The van der Waals surface area contributed by atoms with E-state index >= 15 is 0 Å². The molecule has 2 aromatic rings. The number of carbonyl (C=O) groups is 1. The number of fused-ring (bicyclic) bond motifs is 1. The normalized spacial score (nSPS) is 20.1. The van der Waals surface area contributed by atoms with Crippen LogP contribution in [0.2, 0.25) is 0 Å². The smallest absolute Gasteiger partial charge is 0.258 e. The largest absolute Gasteiger partial charge is 0.483 e. The van der Waals surface area contributed by atoms with Gasteiger partial charge in [0.05, 0.1) is 17.0 Å². The minimum absolute atomic E-state index is 0.0208. The van der Waals surface area contributed by atoms with E-state index < -0.39 is 9.84 Å². The van der Waals surface area contributed by atoms with E-state index in [4.69, 9.17) is 4.74 Å². The molecule has 1 aromatic heterocycles. The third-order valence-electron chi connectivity index (χ3n) is 3.84.